The summed E-state index contributed by atoms with van der Waals surface area (Å²) in [6, 6.07) is 8.97. The van der Waals surface area contributed by atoms with E-state index >= 15 is 0 Å². The maximum Gasteiger partial charge on any atom is 0.271 e. The summed E-state index contributed by atoms with van der Waals surface area (Å²) in [5.41, 5.74) is 5.52. The van der Waals surface area contributed by atoms with Crippen molar-refractivity contribution in [2.75, 3.05) is 7.05 Å². The van der Waals surface area contributed by atoms with Crippen LogP contribution in [0.3, 0.4) is 0 Å². The van der Waals surface area contributed by atoms with Crippen molar-refractivity contribution < 1.29 is 4.79 Å². The van der Waals surface area contributed by atoms with Gasteiger partial charge in [0, 0.05) is 37.4 Å². The van der Waals surface area contributed by atoms with Gasteiger partial charge in [-0.2, -0.15) is 5.10 Å². The Morgan fingerprint density at radius 2 is 2.25 bits per heavy atom. The average Bonchev–Trinajstić information content (AvgIpc) is 2.97. The fraction of sp³-hybridized carbons (Fsp3) is 0.474. The van der Waals surface area contributed by atoms with Gasteiger partial charge in [0.25, 0.3) is 5.91 Å². The third-order valence-corrected chi connectivity index (χ3v) is 4.77. The smallest absolute Gasteiger partial charge is 0.271 e. The van der Waals surface area contributed by atoms with Crippen molar-refractivity contribution in [1.29, 1.82) is 0 Å². The topological polar surface area (TPSA) is 59.0 Å². The van der Waals surface area contributed by atoms with Gasteiger partial charge in [-0.05, 0) is 38.7 Å². The summed E-state index contributed by atoms with van der Waals surface area (Å²) in [5, 5.41) is 10.9. The number of rotatable bonds is 5. The quantitative estimate of drug-likeness (QED) is 0.886. The summed E-state index contributed by atoms with van der Waals surface area (Å²) in [5.74, 6) is -0.0854. The molecule has 0 radical (unpaired) electrons. The Balaban J connectivity index is 1.73. The normalized spacial score (nSPS) is 16.7. The molecule has 1 aliphatic carbocycles. The largest absolute Gasteiger partial charge is 0.354 e. The highest BCUT2D eigenvalue weighted by molar-refractivity contribution is 5.93. The van der Waals surface area contributed by atoms with E-state index in [1.54, 1.807) is 7.05 Å². The molecule has 1 unspecified atom stereocenters. The highest BCUT2D eigenvalue weighted by Crippen LogP contribution is 2.25. The minimum atomic E-state index is -0.0854. The molecule has 5 nitrogen and oxygen atoms in total. The summed E-state index contributed by atoms with van der Waals surface area (Å²) in [6.45, 7) is 5.85. The lowest BCUT2D eigenvalue weighted by Crippen LogP contribution is -2.35. The van der Waals surface area contributed by atoms with Crippen LogP contribution in [-0.2, 0) is 25.9 Å². The molecule has 128 valence electrons. The van der Waals surface area contributed by atoms with Crippen molar-refractivity contribution in [3.63, 3.8) is 0 Å². The molecule has 0 spiro atoms. The number of aromatic nitrogens is 2. The van der Waals surface area contributed by atoms with E-state index in [4.69, 9.17) is 0 Å². The van der Waals surface area contributed by atoms with Gasteiger partial charge in [0.1, 0.15) is 0 Å². The minimum absolute atomic E-state index is 0.0854. The van der Waals surface area contributed by atoms with Crippen molar-refractivity contribution >= 4 is 5.91 Å². The second kappa shape index (κ2) is 7.18. The Morgan fingerprint density at radius 1 is 1.42 bits per heavy atom. The van der Waals surface area contributed by atoms with Crippen LogP contribution in [0.1, 0.15) is 46.2 Å². The molecule has 1 aliphatic rings. The number of amides is 1. The zero-order chi connectivity index (χ0) is 17.1. The third-order valence-electron chi connectivity index (χ3n) is 4.77. The Hall–Kier alpha value is -2.14. The molecule has 3 rings (SSSR count). The van der Waals surface area contributed by atoms with Crippen LogP contribution in [0.2, 0.25) is 0 Å². The van der Waals surface area contributed by atoms with Crippen LogP contribution in [0.5, 0.6) is 0 Å². The molecule has 0 bridgehead atoms. The van der Waals surface area contributed by atoms with E-state index in [1.165, 1.54) is 16.8 Å². The summed E-state index contributed by atoms with van der Waals surface area (Å²) >= 11 is 0. The molecule has 0 fully saturated rings. The van der Waals surface area contributed by atoms with Gasteiger partial charge in [0.2, 0.25) is 0 Å². The maximum atomic E-state index is 12.1. The van der Waals surface area contributed by atoms with Crippen LogP contribution in [0.25, 0.3) is 0 Å². The lowest BCUT2D eigenvalue weighted by atomic mass is 9.91. The SMILES string of the molecule is CCn1nc(C(=O)NC)c2c1CCC(NCc1cccc(C)c1)C2. The van der Waals surface area contributed by atoms with Crippen LogP contribution < -0.4 is 10.6 Å². The predicted molar refractivity (Wildman–Crippen MR) is 95.1 cm³/mol. The monoisotopic (exact) mass is 326 g/mol. The van der Waals surface area contributed by atoms with E-state index in [9.17, 15) is 4.79 Å². The van der Waals surface area contributed by atoms with Crippen LogP contribution >= 0.6 is 0 Å². The molecule has 1 heterocycles. The van der Waals surface area contributed by atoms with Crippen LogP contribution in [0, 0.1) is 6.92 Å². The molecule has 24 heavy (non-hydrogen) atoms. The van der Waals surface area contributed by atoms with Crippen molar-refractivity contribution in [2.24, 2.45) is 0 Å². The molecule has 0 saturated heterocycles. The molecular formula is C19H26N4O. The van der Waals surface area contributed by atoms with Gasteiger partial charge in [-0.1, -0.05) is 29.8 Å². The average molecular weight is 326 g/mol. The van der Waals surface area contributed by atoms with E-state index in [2.05, 4.69) is 53.8 Å². The number of carbonyl (C=O) groups is 1. The van der Waals surface area contributed by atoms with Crippen molar-refractivity contribution in [2.45, 2.75) is 52.2 Å². The number of nitrogens with one attached hydrogen (secondary N) is 2. The zero-order valence-corrected chi connectivity index (χ0v) is 14.7. The molecule has 2 aromatic rings. The molecule has 2 N–H and O–H groups in total. The van der Waals surface area contributed by atoms with Crippen LogP contribution in [0.4, 0.5) is 0 Å². The molecule has 1 atom stereocenters. The molecule has 1 aromatic carbocycles. The van der Waals surface area contributed by atoms with E-state index in [0.29, 0.717) is 11.7 Å². The van der Waals surface area contributed by atoms with Gasteiger partial charge in [-0.25, -0.2) is 0 Å². The number of nitrogens with zero attached hydrogens (tertiary/aromatic N) is 2. The standard InChI is InChI=1S/C19H26N4O/c1-4-23-17-9-8-15(11-16(17)18(22-23)19(24)20-3)21-12-14-7-5-6-13(2)10-14/h5-7,10,15,21H,4,8-9,11-12H2,1-3H3,(H,20,24). The fourth-order valence-electron chi connectivity index (χ4n) is 3.51. The van der Waals surface area contributed by atoms with Gasteiger partial charge < -0.3 is 10.6 Å². The van der Waals surface area contributed by atoms with Crippen molar-refractivity contribution in [1.82, 2.24) is 20.4 Å². The van der Waals surface area contributed by atoms with E-state index in [1.807, 2.05) is 4.68 Å². The van der Waals surface area contributed by atoms with Crippen molar-refractivity contribution in [3.8, 4) is 0 Å². The number of hydrogen-bond acceptors (Lipinski definition) is 3. The first-order chi connectivity index (χ1) is 11.6. The highest BCUT2D eigenvalue weighted by atomic mass is 16.1. The first-order valence-corrected chi connectivity index (χ1v) is 8.72. The first-order valence-electron chi connectivity index (χ1n) is 8.72. The Morgan fingerprint density at radius 3 is 2.96 bits per heavy atom. The Bertz CT molecular complexity index is 735. The molecular weight excluding hydrogens is 300 g/mol. The number of hydrogen-bond donors (Lipinski definition) is 2. The van der Waals surface area contributed by atoms with Crippen LogP contribution in [0.15, 0.2) is 24.3 Å². The lowest BCUT2D eigenvalue weighted by molar-refractivity contribution is 0.0956. The second-order valence-corrected chi connectivity index (χ2v) is 6.48. The molecule has 1 aromatic heterocycles. The predicted octanol–water partition coefficient (Wildman–Crippen LogP) is 2.22. The summed E-state index contributed by atoms with van der Waals surface area (Å²) < 4.78 is 1.98. The van der Waals surface area contributed by atoms with Gasteiger partial charge in [-0.3, -0.25) is 9.48 Å². The molecule has 0 saturated carbocycles. The molecule has 0 aliphatic heterocycles. The Kier molecular flexibility index (Phi) is 5.00. The molecule has 1 amide bonds. The number of benzene rings is 1. The van der Waals surface area contributed by atoms with E-state index in [0.717, 1.165) is 37.9 Å². The van der Waals surface area contributed by atoms with Crippen LogP contribution in [-0.4, -0.2) is 28.8 Å². The fourth-order valence-corrected chi connectivity index (χ4v) is 3.51. The van der Waals surface area contributed by atoms with Gasteiger partial charge >= 0.3 is 0 Å². The number of aryl methyl sites for hydroxylation is 2. The number of fused-ring (bicyclic) bond motifs is 1. The lowest BCUT2D eigenvalue weighted by Gasteiger charge is -2.24. The Labute approximate surface area is 143 Å². The summed E-state index contributed by atoms with van der Waals surface area (Å²) in [7, 11) is 1.66. The molecule has 5 heteroatoms. The van der Waals surface area contributed by atoms with Crippen molar-refractivity contribution in [3.05, 3.63) is 52.3 Å². The highest BCUT2D eigenvalue weighted by Gasteiger charge is 2.28. The van der Waals surface area contributed by atoms with E-state index in [-0.39, 0.29) is 5.91 Å². The first kappa shape index (κ1) is 16.7. The third kappa shape index (κ3) is 3.36. The zero-order valence-electron chi connectivity index (χ0n) is 14.7. The van der Waals surface area contributed by atoms with Gasteiger partial charge in [0.15, 0.2) is 5.69 Å². The maximum absolute atomic E-state index is 12.1. The van der Waals surface area contributed by atoms with Gasteiger partial charge in [0.05, 0.1) is 0 Å². The summed E-state index contributed by atoms with van der Waals surface area (Å²) in [4.78, 5) is 12.1. The second-order valence-electron chi connectivity index (χ2n) is 6.48. The summed E-state index contributed by atoms with van der Waals surface area (Å²) in [6.07, 6.45) is 2.92. The minimum Gasteiger partial charge on any atom is -0.354 e. The van der Waals surface area contributed by atoms with E-state index < -0.39 is 0 Å². The van der Waals surface area contributed by atoms with Gasteiger partial charge in [-0.15, -0.1) is 0 Å². The number of carbonyl (C=O) groups excluding carboxylic acids is 1.